The SMILES string of the molecule is NC(=O)N/N=C(\C(=O)O)c1ccc(C(=O)O)cc1. The van der Waals surface area contributed by atoms with Crippen LogP contribution in [0.2, 0.25) is 0 Å². The molecule has 0 radical (unpaired) electrons. The largest absolute Gasteiger partial charge is 0.478 e. The third kappa shape index (κ3) is 3.30. The van der Waals surface area contributed by atoms with Crippen LogP contribution in [0.3, 0.4) is 0 Å². The smallest absolute Gasteiger partial charge is 0.356 e. The van der Waals surface area contributed by atoms with Crippen LogP contribution < -0.4 is 11.2 Å². The summed E-state index contributed by atoms with van der Waals surface area (Å²) in [6.07, 6.45) is 0. The van der Waals surface area contributed by atoms with Crippen molar-refractivity contribution in [3.63, 3.8) is 0 Å². The fourth-order valence-electron chi connectivity index (χ4n) is 1.12. The predicted octanol–water partition coefficient (Wildman–Crippen LogP) is -0.158. The van der Waals surface area contributed by atoms with Crippen LogP contribution in [0.25, 0.3) is 0 Å². The molecule has 1 aromatic carbocycles. The summed E-state index contributed by atoms with van der Waals surface area (Å²) in [5.41, 5.74) is 6.24. The maximum absolute atomic E-state index is 10.9. The molecule has 2 amide bonds. The number of carbonyl (C=O) groups is 3. The molecule has 8 nitrogen and oxygen atoms in total. The number of nitrogens with one attached hydrogen (secondary N) is 1. The number of amides is 2. The molecule has 1 aromatic rings. The molecule has 0 heterocycles. The van der Waals surface area contributed by atoms with Crippen LogP contribution in [-0.4, -0.2) is 33.9 Å². The Labute approximate surface area is 101 Å². The van der Waals surface area contributed by atoms with E-state index in [1.54, 1.807) is 5.43 Å². The molecule has 1 rings (SSSR count). The lowest BCUT2D eigenvalue weighted by atomic mass is 10.1. The molecule has 0 spiro atoms. The van der Waals surface area contributed by atoms with Gasteiger partial charge in [-0.25, -0.2) is 19.8 Å². The molecular weight excluding hydrogens is 242 g/mol. The Kier molecular flexibility index (Phi) is 3.98. The third-order valence-electron chi connectivity index (χ3n) is 1.89. The van der Waals surface area contributed by atoms with Crippen molar-refractivity contribution in [1.29, 1.82) is 0 Å². The van der Waals surface area contributed by atoms with E-state index >= 15 is 0 Å². The van der Waals surface area contributed by atoms with Crippen molar-refractivity contribution in [1.82, 2.24) is 5.43 Å². The summed E-state index contributed by atoms with van der Waals surface area (Å²) in [7, 11) is 0. The van der Waals surface area contributed by atoms with Gasteiger partial charge in [0.2, 0.25) is 0 Å². The number of carbonyl (C=O) groups excluding carboxylic acids is 1. The van der Waals surface area contributed by atoms with Gasteiger partial charge in [-0.3, -0.25) is 0 Å². The summed E-state index contributed by atoms with van der Waals surface area (Å²) in [6.45, 7) is 0. The number of hydrogen-bond donors (Lipinski definition) is 4. The summed E-state index contributed by atoms with van der Waals surface area (Å²) in [4.78, 5) is 31.9. The Morgan fingerprint density at radius 3 is 1.94 bits per heavy atom. The van der Waals surface area contributed by atoms with E-state index in [4.69, 9.17) is 15.9 Å². The summed E-state index contributed by atoms with van der Waals surface area (Å²) in [5, 5.41) is 20.9. The highest BCUT2D eigenvalue weighted by molar-refractivity contribution is 6.42. The van der Waals surface area contributed by atoms with Gasteiger partial charge in [-0.15, -0.1) is 0 Å². The molecule has 0 aliphatic heterocycles. The third-order valence-corrected chi connectivity index (χ3v) is 1.89. The molecule has 0 saturated carbocycles. The Morgan fingerprint density at radius 2 is 1.56 bits per heavy atom. The van der Waals surface area contributed by atoms with Crippen LogP contribution in [0.15, 0.2) is 29.4 Å². The molecule has 18 heavy (non-hydrogen) atoms. The Bertz CT molecular complexity index is 521. The maximum Gasteiger partial charge on any atom is 0.356 e. The first-order chi connectivity index (χ1) is 8.41. The molecule has 0 saturated heterocycles. The van der Waals surface area contributed by atoms with Gasteiger partial charge in [0.15, 0.2) is 5.71 Å². The number of hydrogen-bond acceptors (Lipinski definition) is 4. The lowest BCUT2D eigenvalue weighted by Crippen LogP contribution is -2.28. The topological polar surface area (TPSA) is 142 Å². The molecule has 0 aliphatic rings. The van der Waals surface area contributed by atoms with E-state index in [-0.39, 0.29) is 11.1 Å². The number of primary amides is 1. The average Bonchev–Trinajstić information content (AvgIpc) is 2.29. The highest BCUT2D eigenvalue weighted by atomic mass is 16.4. The Balaban J connectivity index is 3.07. The van der Waals surface area contributed by atoms with E-state index in [1.165, 1.54) is 24.3 Å². The van der Waals surface area contributed by atoms with E-state index in [9.17, 15) is 14.4 Å². The molecule has 5 N–H and O–H groups in total. The number of carboxylic acids is 2. The second kappa shape index (κ2) is 5.43. The normalized spacial score (nSPS) is 10.8. The second-order valence-electron chi connectivity index (χ2n) is 3.12. The van der Waals surface area contributed by atoms with Crippen LogP contribution in [0.5, 0.6) is 0 Å². The lowest BCUT2D eigenvalue weighted by Gasteiger charge is -2.02. The number of aliphatic carboxylic acids is 1. The first kappa shape index (κ1) is 13.2. The molecule has 0 atom stereocenters. The number of nitrogens with two attached hydrogens (primary N) is 1. The fourth-order valence-corrected chi connectivity index (χ4v) is 1.12. The second-order valence-corrected chi connectivity index (χ2v) is 3.12. The van der Waals surface area contributed by atoms with Gasteiger partial charge in [0.05, 0.1) is 5.56 Å². The number of hydrazone groups is 1. The predicted molar refractivity (Wildman–Crippen MR) is 60.3 cm³/mol. The lowest BCUT2D eigenvalue weighted by molar-refractivity contribution is -0.129. The van der Waals surface area contributed by atoms with Gasteiger partial charge in [-0.1, -0.05) is 12.1 Å². The summed E-state index contributed by atoms with van der Waals surface area (Å²) < 4.78 is 0. The van der Waals surface area contributed by atoms with Crippen LogP contribution in [0.4, 0.5) is 4.79 Å². The standard InChI is InChI=1S/C10H9N3O5/c11-10(18)13-12-7(9(16)17)5-1-3-6(4-2-5)8(14)15/h1-4H,(H,14,15)(H,16,17)(H3,11,13,18)/b12-7-. The van der Waals surface area contributed by atoms with E-state index in [0.29, 0.717) is 0 Å². The molecule has 94 valence electrons. The van der Waals surface area contributed by atoms with E-state index in [0.717, 1.165) is 0 Å². The van der Waals surface area contributed by atoms with Crippen LogP contribution in [0.1, 0.15) is 15.9 Å². The molecule has 0 aromatic heterocycles. The van der Waals surface area contributed by atoms with Crippen molar-refractivity contribution >= 4 is 23.7 Å². The van der Waals surface area contributed by atoms with E-state index in [2.05, 4.69) is 5.10 Å². The minimum atomic E-state index is -1.38. The van der Waals surface area contributed by atoms with Gasteiger partial charge in [-0.05, 0) is 12.1 Å². The Hall–Kier alpha value is -2.90. The number of nitrogens with zero attached hydrogens (tertiary/aromatic N) is 1. The van der Waals surface area contributed by atoms with E-state index in [1.807, 2.05) is 0 Å². The zero-order valence-electron chi connectivity index (χ0n) is 8.95. The molecule has 0 unspecified atom stereocenters. The first-order valence-electron chi connectivity index (χ1n) is 4.62. The molecular formula is C10H9N3O5. The van der Waals surface area contributed by atoms with Crippen molar-refractivity contribution in [2.45, 2.75) is 0 Å². The zero-order chi connectivity index (χ0) is 13.7. The van der Waals surface area contributed by atoms with Gasteiger partial charge < -0.3 is 15.9 Å². The number of aromatic carboxylic acids is 1. The van der Waals surface area contributed by atoms with Crippen molar-refractivity contribution in [2.24, 2.45) is 10.8 Å². The van der Waals surface area contributed by atoms with E-state index < -0.39 is 23.7 Å². The quantitative estimate of drug-likeness (QED) is 0.434. The monoisotopic (exact) mass is 251 g/mol. The molecule has 0 fully saturated rings. The van der Waals surface area contributed by atoms with Crippen LogP contribution >= 0.6 is 0 Å². The zero-order valence-corrected chi connectivity index (χ0v) is 8.95. The van der Waals surface area contributed by atoms with Gasteiger partial charge in [0.1, 0.15) is 0 Å². The Morgan fingerprint density at radius 1 is 1.06 bits per heavy atom. The summed E-state index contributed by atoms with van der Waals surface area (Å²) in [5.74, 6) is -2.52. The van der Waals surface area contributed by atoms with Crippen molar-refractivity contribution in [2.75, 3.05) is 0 Å². The minimum absolute atomic E-state index is 0.00588. The summed E-state index contributed by atoms with van der Waals surface area (Å²) in [6, 6.07) is 3.97. The molecule has 0 bridgehead atoms. The van der Waals surface area contributed by atoms with Gasteiger partial charge >= 0.3 is 18.0 Å². The van der Waals surface area contributed by atoms with Gasteiger partial charge in [0.25, 0.3) is 0 Å². The average molecular weight is 251 g/mol. The highest BCUT2D eigenvalue weighted by Crippen LogP contribution is 2.06. The molecule has 8 heteroatoms. The first-order valence-corrected chi connectivity index (χ1v) is 4.62. The minimum Gasteiger partial charge on any atom is -0.478 e. The number of rotatable bonds is 4. The fraction of sp³-hybridized carbons (Fsp3) is 0. The highest BCUT2D eigenvalue weighted by Gasteiger charge is 2.14. The number of carboxylic acid groups (broad SMARTS) is 2. The summed E-state index contributed by atoms with van der Waals surface area (Å²) >= 11 is 0. The maximum atomic E-state index is 10.9. The van der Waals surface area contributed by atoms with Crippen LogP contribution in [-0.2, 0) is 4.79 Å². The van der Waals surface area contributed by atoms with Crippen LogP contribution in [0, 0.1) is 0 Å². The number of urea groups is 1. The van der Waals surface area contributed by atoms with Crippen molar-refractivity contribution in [3.05, 3.63) is 35.4 Å². The van der Waals surface area contributed by atoms with Gasteiger partial charge in [0, 0.05) is 5.56 Å². The van der Waals surface area contributed by atoms with Crippen molar-refractivity contribution < 1.29 is 24.6 Å². The molecule has 0 aliphatic carbocycles. The number of benzene rings is 1. The van der Waals surface area contributed by atoms with Gasteiger partial charge in [-0.2, -0.15) is 5.10 Å². The van der Waals surface area contributed by atoms with Crippen molar-refractivity contribution in [3.8, 4) is 0 Å².